The van der Waals surface area contributed by atoms with Crippen LogP contribution in [0.1, 0.15) is 22.3 Å². The van der Waals surface area contributed by atoms with Crippen molar-refractivity contribution in [2.45, 2.75) is 13.0 Å². The summed E-state index contributed by atoms with van der Waals surface area (Å²) in [6, 6.07) is 15.2. The Kier molecular flexibility index (Phi) is 9.40. The summed E-state index contributed by atoms with van der Waals surface area (Å²) in [5, 5.41) is 10.4. The first-order valence-corrected chi connectivity index (χ1v) is 9.89. The molecule has 1 N–H and O–H groups in total. The van der Waals surface area contributed by atoms with Crippen molar-refractivity contribution in [1.29, 1.82) is 0 Å². The van der Waals surface area contributed by atoms with Crippen LogP contribution in [0.5, 0.6) is 0 Å². The Morgan fingerprint density at radius 2 is 2.03 bits per heavy atom. The molecule has 0 radical (unpaired) electrons. The number of carbonyl (C=O) groups is 1. The third-order valence-electron chi connectivity index (χ3n) is 3.82. The van der Waals surface area contributed by atoms with Gasteiger partial charge in [-0.1, -0.05) is 70.4 Å². The highest BCUT2D eigenvalue weighted by molar-refractivity contribution is 9.12. The van der Waals surface area contributed by atoms with E-state index in [0.29, 0.717) is 15.9 Å². The Balaban J connectivity index is 2.02. The fourth-order valence-electron chi connectivity index (χ4n) is 2.54. The maximum atomic E-state index is 12.1. The molecule has 2 aromatic carbocycles. The Hall–Kier alpha value is -2.64. The van der Waals surface area contributed by atoms with Gasteiger partial charge in [0, 0.05) is 30.8 Å². The maximum absolute atomic E-state index is 12.1. The molecule has 0 spiro atoms. The van der Waals surface area contributed by atoms with Crippen LogP contribution in [0.15, 0.2) is 62.8 Å². The van der Waals surface area contributed by atoms with Crippen molar-refractivity contribution in [2.75, 3.05) is 14.2 Å². The van der Waals surface area contributed by atoms with E-state index in [9.17, 15) is 4.79 Å². The van der Waals surface area contributed by atoms with Gasteiger partial charge in [0.1, 0.15) is 13.7 Å². The summed E-state index contributed by atoms with van der Waals surface area (Å²) in [7, 11) is 2.93. The largest absolute Gasteiger partial charge is 0.398 e. The average Bonchev–Trinajstić information content (AvgIpc) is 2.71. The number of nitrogens with zero attached hydrogens (tertiary/aromatic N) is 2. The summed E-state index contributed by atoms with van der Waals surface area (Å²) in [5.74, 6) is -0.347. The number of hydrogen-bond acceptors (Lipinski definition) is 5. The van der Waals surface area contributed by atoms with E-state index in [-0.39, 0.29) is 18.2 Å². The van der Waals surface area contributed by atoms with Gasteiger partial charge in [-0.25, -0.2) is 0 Å². The Morgan fingerprint density at radius 3 is 2.76 bits per heavy atom. The van der Waals surface area contributed by atoms with Gasteiger partial charge < -0.3 is 15.0 Å². The lowest BCUT2D eigenvalue weighted by Crippen LogP contribution is -2.29. The van der Waals surface area contributed by atoms with Gasteiger partial charge in [-0.3, -0.25) is 4.79 Å². The van der Waals surface area contributed by atoms with Crippen LogP contribution in [0.3, 0.4) is 0 Å². The molecule has 0 unspecified atom stereocenters. The standard InChI is InChI=1S/C21H21BrClN3O3/c1-24-21(27)20(26-28-2)18-9-4-3-8-17(18)14-29-25-11-10-15-6-5-7-16(12-15)13-19(22)23/h3-9,11-13H,10,14H2,1-2H3,(H,24,27)/b19-13+,25-11+,26-20-. The zero-order chi connectivity index (χ0) is 21.1. The van der Waals surface area contributed by atoms with Crippen LogP contribution in [-0.2, 0) is 27.5 Å². The number of hydrogen-bond donors (Lipinski definition) is 1. The number of amides is 1. The molecule has 0 heterocycles. The van der Waals surface area contributed by atoms with E-state index < -0.39 is 0 Å². The van der Waals surface area contributed by atoms with Crippen molar-refractivity contribution in [1.82, 2.24) is 5.32 Å². The van der Waals surface area contributed by atoms with Crippen LogP contribution in [0.2, 0.25) is 0 Å². The lowest BCUT2D eigenvalue weighted by Gasteiger charge is -2.09. The van der Waals surface area contributed by atoms with Crippen molar-refractivity contribution in [3.63, 3.8) is 0 Å². The molecule has 0 saturated carbocycles. The molecule has 6 nitrogen and oxygen atoms in total. The lowest BCUT2D eigenvalue weighted by molar-refractivity contribution is -0.114. The zero-order valence-electron chi connectivity index (χ0n) is 16.1. The monoisotopic (exact) mass is 477 g/mol. The number of likely N-dealkylation sites (N-methyl/N-ethyl adjacent to an activating group) is 1. The predicted octanol–water partition coefficient (Wildman–Crippen LogP) is 4.46. The van der Waals surface area contributed by atoms with Gasteiger partial charge in [0.25, 0.3) is 5.91 Å². The number of nitrogens with one attached hydrogen (secondary N) is 1. The highest BCUT2D eigenvalue weighted by Gasteiger charge is 2.17. The van der Waals surface area contributed by atoms with E-state index in [4.69, 9.17) is 21.3 Å². The number of carbonyl (C=O) groups excluding carboxylic acids is 1. The predicted molar refractivity (Wildman–Crippen MR) is 120 cm³/mol. The number of rotatable bonds is 9. The molecule has 2 aromatic rings. The van der Waals surface area contributed by atoms with Crippen LogP contribution < -0.4 is 5.32 Å². The molecule has 2 rings (SSSR count). The SMILES string of the molecule is CNC(=O)/C(=N\OC)c1ccccc1CO/N=C/Cc1cccc(/C=C(/Cl)Br)c1. The molecule has 0 bridgehead atoms. The molecule has 1 amide bonds. The van der Waals surface area contributed by atoms with Crippen molar-refractivity contribution in [3.8, 4) is 0 Å². The first-order chi connectivity index (χ1) is 14.0. The molecule has 0 fully saturated rings. The Bertz CT molecular complexity index is 925. The lowest BCUT2D eigenvalue weighted by atomic mass is 10.0. The maximum Gasteiger partial charge on any atom is 0.273 e. The highest BCUT2D eigenvalue weighted by Crippen LogP contribution is 2.17. The molecule has 0 aliphatic carbocycles. The molecular weight excluding hydrogens is 458 g/mol. The molecule has 8 heteroatoms. The number of halogens is 2. The fourth-order valence-corrected chi connectivity index (χ4v) is 2.93. The fraction of sp³-hybridized carbons (Fsp3) is 0.190. The van der Waals surface area contributed by atoms with E-state index in [1.54, 1.807) is 12.3 Å². The van der Waals surface area contributed by atoms with Crippen molar-refractivity contribution in [3.05, 3.63) is 74.7 Å². The third-order valence-corrected chi connectivity index (χ3v) is 4.16. The molecule has 0 aliphatic heterocycles. The third kappa shape index (κ3) is 7.36. The van der Waals surface area contributed by atoms with Gasteiger partial charge in [-0.2, -0.15) is 0 Å². The minimum absolute atomic E-state index is 0.175. The van der Waals surface area contributed by atoms with Crippen molar-refractivity contribution < 1.29 is 14.5 Å². The summed E-state index contributed by atoms with van der Waals surface area (Å²) >= 11 is 9.05. The molecule has 152 valence electrons. The van der Waals surface area contributed by atoms with Crippen molar-refractivity contribution in [2.24, 2.45) is 10.3 Å². The quantitative estimate of drug-likeness (QED) is 0.427. The zero-order valence-corrected chi connectivity index (χ0v) is 18.4. The van der Waals surface area contributed by atoms with Crippen LogP contribution in [0.25, 0.3) is 6.08 Å². The van der Waals surface area contributed by atoms with Crippen LogP contribution in [-0.4, -0.2) is 32.0 Å². The summed E-state index contributed by atoms with van der Waals surface area (Å²) in [6.07, 6.45) is 4.11. The van der Waals surface area contributed by atoms with Crippen molar-refractivity contribution >= 4 is 51.4 Å². The smallest absolute Gasteiger partial charge is 0.273 e. The molecule has 0 aliphatic rings. The van der Waals surface area contributed by atoms with E-state index >= 15 is 0 Å². The topological polar surface area (TPSA) is 72.3 Å². The molecule has 29 heavy (non-hydrogen) atoms. The number of oxime groups is 2. The second-order valence-corrected chi connectivity index (χ2v) is 7.52. The summed E-state index contributed by atoms with van der Waals surface area (Å²) in [6.45, 7) is 0.189. The molecule has 0 saturated heterocycles. The first-order valence-electron chi connectivity index (χ1n) is 8.72. The van der Waals surface area contributed by atoms with Crippen LogP contribution in [0.4, 0.5) is 0 Å². The summed E-state index contributed by atoms with van der Waals surface area (Å²) in [4.78, 5) is 22.3. The summed E-state index contributed by atoms with van der Waals surface area (Å²) in [5.41, 5.74) is 3.63. The van der Waals surface area contributed by atoms with E-state index in [1.165, 1.54) is 14.2 Å². The highest BCUT2D eigenvalue weighted by atomic mass is 79.9. The molecular formula is C21H21BrClN3O3. The van der Waals surface area contributed by atoms with Gasteiger partial charge in [0.15, 0.2) is 5.71 Å². The van der Waals surface area contributed by atoms with Crippen LogP contribution in [0, 0.1) is 0 Å². The summed E-state index contributed by atoms with van der Waals surface area (Å²) < 4.78 is 0.540. The normalized spacial score (nSPS) is 12.1. The van der Waals surface area contributed by atoms with E-state index in [1.807, 2.05) is 48.5 Å². The minimum atomic E-state index is -0.347. The molecule has 0 atom stereocenters. The number of benzene rings is 2. The Morgan fingerprint density at radius 1 is 1.24 bits per heavy atom. The van der Waals surface area contributed by atoms with Crippen LogP contribution >= 0.6 is 27.5 Å². The molecule has 0 aromatic heterocycles. The minimum Gasteiger partial charge on any atom is -0.398 e. The van der Waals surface area contributed by atoms with E-state index in [0.717, 1.165) is 16.7 Å². The van der Waals surface area contributed by atoms with Gasteiger partial charge in [-0.15, -0.1) is 0 Å². The Labute approximate surface area is 183 Å². The van der Waals surface area contributed by atoms with E-state index in [2.05, 4.69) is 31.6 Å². The first kappa shape index (κ1) is 22.6. The van der Waals surface area contributed by atoms with Gasteiger partial charge in [0.05, 0.1) is 3.94 Å². The second-order valence-electron chi connectivity index (χ2n) is 5.80. The van der Waals surface area contributed by atoms with Gasteiger partial charge in [-0.05, 0) is 33.1 Å². The average molecular weight is 479 g/mol. The van der Waals surface area contributed by atoms with Gasteiger partial charge in [0.2, 0.25) is 0 Å². The van der Waals surface area contributed by atoms with Gasteiger partial charge >= 0.3 is 0 Å². The second kappa shape index (κ2) is 12.0.